The van der Waals surface area contributed by atoms with Gasteiger partial charge in [0.05, 0.1) is 13.2 Å². The molecule has 0 aliphatic heterocycles. The second-order valence-corrected chi connectivity index (χ2v) is 10.00. The molecule has 0 N–H and O–H groups in total. The van der Waals surface area contributed by atoms with Gasteiger partial charge in [-0.25, -0.2) is 0 Å². The summed E-state index contributed by atoms with van der Waals surface area (Å²) in [6, 6.07) is 24.3. The molecule has 0 aliphatic carbocycles. The Kier molecular flexibility index (Phi) is 7.38. The van der Waals surface area contributed by atoms with E-state index >= 15 is 0 Å². The zero-order valence-electron chi connectivity index (χ0n) is 16.2. The fourth-order valence-corrected chi connectivity index (χ4v) is 4.76. The smallest absolute Gasteiger partial charge is 0.265 e. The lowest BCUT2D eigenvalue weighted by Gasteiger charge is -2.09. The van der Waals surface area contributed by atoms with E-state index in [1.165, 1.54) is 0 Å². The standard InChI is InChI=1S/C22H22O6S2/c23-29(24,17-19-8-3-1-4-9-19)27-15-21-12-7-13-22(14-21)16-28-30(25,26)18-20-10-5-2-6-11-20/h1-14H,15-18H2. The Labute approximate surface area is 177 Å². The van der Waals surface area contributed by atoms with Crippen molar-refractivity contribution in [3.63, 3.8) is 0 Å². The lowest BCUT2D eigenvalue weighted by atomic mass is 10.1. The molecule has 0 radical (unpaired) electrons. The fourth-order valence-electron chi connectivity index (χ4n) is 2.76. The van der Waals surface area contributed by atoms with E-state index in [0.717, 1.165) is 0 Å². The Balaban J connectivity index is 1.55. The summed E-state index contributed by atoms with van der Waals surface area (Å²) in [5.74, 6) is -0.428. The highest BCUT2D eigenvalue weighted by Crippen LogP contribution is 2.14. The van der Waals surface area contributed by atoms with Crippen LogP contribution in [0.25, 0.3) is 0 Å². The molecule has 0 spiro atoms. The Morgan fingerprint density at radius 2 is 0.867 bits per heavy atom. The molecule has 6 nitrogen and oxygen atoms in total. The van der Waals surface area contributed by atoms with Crippen LogP contribution in [-0.2, 0) is 53.3 Å². The van der Waals surface area contributed by atoms with Crippen LogP contribution < -0.4 is 0 Å². The average Bonchev–Trinajstić information content (AvgIpc) is 2.72. The molecule has 0 aliphatic rings. The van der Waals surface area contributed by atoms with Gasteiger partial charge in [0.25, 0.3) is 20.2 Å². The number of hydrogen-bond donors (Lipinski definition) is 0. The lowest BCUT2D eigenvalue weighted by molar-refractivity contribution is 0.302. The summed E-state index contributed by atoms with van der Waals surface area (Å²) in [6.07, 6.45) is 0. The molecule has 0 saturated heterocycles. The molecular formula is C22H22O6S2. The van der Waals surface area contributed by atoms with Gasteiger partial charge in [-0.3, -0.25) is 8.37 Å². The first-order valence-corrected chi connectivity index (χ1v) is 12.4. The van der Waals surface area contributed by atoms with E-state index in [0.29, 0.717) is 22.3 Å². The fraction of sp³-hybridized carbons (Fsp3) is 0.182. The molecular weight excluding hydrogens is 424 g/mol. The highest BCUT2D eigenvalue weighted by Gasteiger charge is 2.14. The van der Waals surface area contributed by atoms with Gasteiger partial charge in [-0.1, -0.05) is 84.9 Å². The van der Waals surface area contributed by atoms with Gasteiger partial charge >= 0.3 is 0 Å². The van der Waals surface area contributed by atoms with E-state index in [1.807, 2.05) is 12.1 Å². The molecule has 3 rings (SSSR count). The molecule has 0 aromatic heterocycles. The summed E-state index contributed by atoms with van der Waals surface area (Å²) < 4.78 is 58.9. The number of benzene rings is 3. The molecule has 0 bridgehead atoms. The van der Waals surface area contributed by atoms with Crippen LogP contribution in [0.4, 0.5) is 0 Å². The lowest BCUT2D eigenvalue weighted by Crippen LogP contribution is -2.10. The molecule has 30 heavy (non-hydrogen) atoms. The van der Waals surface area contributed by atoms with Gasteiger partial charge in [-0.2, -0.15) is 16.8 Å². The normalized spacial score (nSPS) is 12.0. The first-order valence-electron chi connectivity index (χ1n) is 9.21. The van der Waals surface area contributed by atoms with Crippen LogP contribution in [0.5, 0.6) is 0 Å². The van der Waals surface area contributed by atoms with Crippen molar-refractivity contribution in [2.45, 2.75) is 24.7 Å². The van der Waals surface area contributed by atoms with Crippen molar-refractivity contribution in [1.82, 2.24) is 0 Å². The SMILES string of the molecule is O=S(=O)(Cc1ccccc1)OCc1cccc(COS(=O)(=O)Cc2ccccc2)c1. The van der Waals surface area contributed by atoms with E-state index in [1.54, 1.807) is 72.8 Å². The summed E-state index contributed by atoms with van der Waals surface area (Å²) in [6.45, 7) is -0.278. The molecule has 0 amide bonds. The van der Waals surface area contributed by atoms with Crippen LogP contribution in [0, 0.1) is 0 Å². The summed E-state index contributed by atoms with van der Waals surface area (Å²) in [7, 11) is -7.49. The highest BCUT2D eigenvalue weighted by atomic mass is 32.2. The maximum atomic E-state index is 12.2. The molecule has 0 atom stereocenters. The molecule has 8 heteroatoms. The second kappa shape index (κ2) is 9.99. The van der Waals surface area contributed by atoms with Crippen molar-refractivity contribution >= 4 is 20.2 Å². The first kappa shape index (κ1) is 22.2. The van der Waals surface area contributed by atoms with E-state index in [-0.39, 0.29) is 24.7 Å². The Bertz CT molecular complexity index is 1070. The summed E-state index contributed by atoms with van der Waals surface area (Å²) in [5, 5.41) is 0. The van der Waals surface area contributed by atoms with Gasteiger partial charge in [-0.05, 0) is 22.3 Å². The molecule has 0 heterocycles. The van der Waals surface area contributed by atoms with Crippen molar-refractivity contribution in [1.29, 1.82) is 0 Å². The maximum Gasteiger partial charge on any atom is 0.271 e. The second-order valence-electron chi connectivity index (χ2n) is 6.72. The van der Waals surface area contributed by atoms with Crippen molar-refractivity contribution in [2.24, 2.45) is 0 Å². The highest BCUT2D eigenvalue weighted by molar-refractivity contribution is 7.86. The van der Waals surface area contributed by atoms with Crippen molar-refractivity contribution in [3.05, 3.63) is 107 Å². The summed E-state index contributed by atoms with van der Waals surface area (Å²) in [4.78, 5) is 0. The van der Waals surface area contributed by atoms with E-state index in [9.17, 15) is 16.8 Å². The molecule has 0 fully saturated rings. The Hall–Kier alpha value is -2.52. The van der Waals surface area contributed by atoms with Crippen LogP contribution in [0.3, 0.4) is 0 Å². The van der Waals surface area contributed by atoms with Crippen molar-refractivity contribution in [2.75, 3.05) is 0 Å². The van der Waals surface area contributed by atoms with Gasteiger partial charge < -0.3 is 0 Å². The molecule has 3 aromatic rings. The minimum absolute atomic E-state index is 0.139. The van der Waals surface area contributed by atoms with Gasteiger partial charge in [0, 0.05) is 0 Å². The third-order valence-electron chi connectivity index (χ3n) is 4.17. The van der Waals surface area contributed by atoms with Gasteiger partial charge in [0.2, 0.25) is 0 Å². The monoisotopic (exact) mass is 446 g/mol. The van der Waals surface area contributed by atoms with Crippen molar-refractivity contribution in [3.8, 4) is 0 Å². The molecule has 158 valence electrons. The Morgan fingerprint density at radius 1 is 0.500 bits per heavy atom. The number of rotatable bonds is 10. The van der Waals surface area contributed by atoms with E-state index < -0.39 is 20.2 Å². The van der Waals surface area contributed by atoms with Gasteiger partial charge in [0.15, 0.2) is 0 Å². The number of hydrogen-bond acceptors (Lipinski definition) is 6. The minimum atomic E-state index is -3.74. The predicted octanol–water partition coefficient (Wildman–Crippen LogP) is 3.78. The molecule has 0 saturated carbocycles. The molecule has 3 aromatic carbocycles. The summed E-state index contributed by atoms with van der Waals surface area (Å²) >= 11 is 0. The van der Waals surface area contributed by atoms with E-state index in [4.69, 9.17) is 8.37 Å². The van der Waals surface area contributed by atoms with Gasteiger partial charge in [-0.15, -0.1) is 0 Å². The topological polar surface area (TPSA) is 86.7 Å². The van der Waals surface area contributed by atoms with Crippen LogP contribution in [0.2, 0.25) is 0 Å². The minimum Gasteiger partial charge on any atom is -0.265 e. The molecule has 0 unspecified atom stereocenters. The third kappa shape index (κ3) is 7.38. The third-order valence-corrected chi connectivity index (χ3v) is 6.50. The van der Waals surface area contributed by atoms with Gasteiger partial charge in [0.1, 0.15) is 11.5 Å². The van der Waals surface area contributed by atoms with E-state index in [2.05, 4.69) is 0 Å². The average molecular weight is 447 g/mol. The largest absolute Gasteiger partial charge is 0.271 e. The zero-order chi connectivity index (χ0) is 21.5. The zero-order valence-corrected chi connectivity index (χ0v) is 17.8. The van der Waals surface area contributed by atoms with Crippen molar-refractivity contribution < 1.29 is 25.2 Å². The van der Waals surface area contributed by atoms with Crippen LogP contribution >= 0.6 is 0 Å². The van der Waals surface area contributed by atoms with Crippen LogP contribution in [0.15, 0.2) is 84.9 Å². The predicted molar refractivity (Wildman–Crippen MR) is 114 cm³/mol. The summed E-state index contributed by atoms with van der Waals surface area (Å²) in [5.41, 5.74) is 2.49. The maximum absolute atomic E-state index is 12.2. The Morgan fingerprint density at radius 3 is 1.27 bits per heavy atom. The van der Waals surface area contributed by atoms with Crippen LogP contribution in [-0.4, -0.2) is 16.8 Å². The quantitative estimate of drug-likeness (QED) is 0.441. The first-order chi connectivity index (χ1) is 14.3. The van der Waals surface area contributed by atoms with Crippen LogP contribution in [0.1, 0.15) is 22.3 Å².